The van der Waals surface area contributed by atoms with E-state index in [-0.39, 0.29) is 62.0 Å². The number of ether oxygens (including phenoxy) is 2. The van der Waals surface area contributed by atoms with Crippen molar-refractivity contribution in [1.82, 2.24) is 20.5 Å². The van der Waals surface area contributed by atoms with Crippen LogP contribution in [0.1, 0.15) is 81.1 Å². The molecule has 0 radical (unpaired) electrons. The molecular formula is C49H54F3N7O7S2. The van der Waals surface area contributed by atoms with Crippen molar-refractivity contribution in [2.75, 3.05) is 49.3 Å². The van der Waals surface area contributed by atoms with Crippen molar-refractivity contribution < 1.29 is 46.9 Å². The number of amides is 4. The number of hydrogen-bond acceptors (Lipinski definition) is 11. The minimum absolute atomic E-state index is 0.0204. The van der Waals surface area contributed by atoms with Crippen LogP contribution in [0.4, 0.5) is 24.5 Å². The van der Waals surface area contributed by atoms with Crippen molar-refractivity contribution in [3.63, 3.8) is 0 Å². The number of nitrogens with zero attached hydrogens (tertiary/aromatic N) is 5. The summed E-state index contributed by atoms with van der Waals surface area (Å²) in [7, 11) is 0. The fourth-order valence-corrected chi connectivity index (χ4v) is 9.43. The van der Waals surface area contributed by atoms with Crippen LogP contribution < -0.4 is 20.4 Å². The first-order valence-electron chi connectivity index (χ1n) is 22.0. The molecule has 2 saturated heterocycles. The van der Waals surface area contributed by atoms with Crippen molar-refractivity contribution in [1.29, 1.82) is 5.26 Å². The van der Waals surface area contributed by atoms with Gasteiger partial charge in [-0.05, 0) is 105 Å². The number of likely N-dealkylation sites (tertiary alicyclic amines) is 1. The van der Waals surface area contributed by atoms with Gasteiger partial charge in [0.05, 0.1) is 51.7 Å². The third-order valence-corrected chi connectivity index (χ3v) is 13.1. The van der Waals surface area contributed by atoms with Crippen LogP contribution in [0, 0.1) is 41.4 Å². The molecule has 3 aromatic rings. The zero-order valence-electron chi connectivity index (χ0n) is 38.6. The highest BCUT2D eigenvalue weighted by molar-refractivity contribution is 7.81. The van der Waals surface area contributed by atoms with E-state index in [1.54, 1.807) is 54.3 Å². The molecule has 1 unspecified atom stereocenters. The Morgan fingerprint density at radius 2 is 1.79 bits per heavy atom. The molecule has 2 aliphatic heterocycles. The van der Waals surface area contributed by atoms with Gasteiger partial charge in [-0.3, -0.25) is 24.1 Å². The molecule has 4 atom stereocenters. The summed E-state index contributed by atoms with van der Waals surface area (Å²) in [4.78, 5) is 63.3. The van der Waals surface area contributed by atoms with Crippen molar-refractivity contribution in [3.05, 3.63) is 93.5 Å². The molecule has 3 aliphatic rings. The van der Waals surface area contributed by atoms with Gasteiger partial charge in [0.15, 0.2) is 5.11 Å². The third-order valence-electron chi connectivity index (χ3n) is 11.7. The molecule has 1 aromatic heterocycles. The predicted octanol–water partition coefficient (Wildman–Crippen LogP) is 6.30. The number of benzene rings is 2. The largest absolute Gasteiger partial charge is 0.417 e. The van der Waals surface area contributed by atoms with Crippen LogP contribution in [0.2, 0.25) is 0 Å². The van der Waals surface area contributed by atoms with Crippen molar-refractivity contribution >= 4 is 69.2 Å². The number of nitrogens with one attached hydrogen (secondary N) is 2. The normalized spacial score (nSPS) is 19.6. The lowest BCUT2D eigenvalue weighted by atomic mass is 9.85. The Bertz CT molecular complexity index is 2570. The number of nitriles is 1. The quantitative estimate of drug-likeness (QED) is 0.0885. The molecule has 4 amide bonds. The molecule has 2 aromatic carbocycles. The monoisotopic (exact) mass is 973 g/mol. The Morgan fingerprint density at radius 3 is 2.43 bits per heavy atom. The molecule has 6 rings (SSSR count). The van der Waals surface area contributed by atoms with E-state index in [9.17, 15) is 42.7 Å². The minimum atomic E-state index is -4.81. The van der Waals surface area contributed by atoms with E-state index in [1.807, 2.05) is 39.3 Å². The van der Waals surface area contributed by atoms with Crippen LogP contribution in [-0.2, 0) is 34.8 Å². The molecule has 3 N–H and O–H groups in total. The second kappa shape index (κ2) is 21.6. The van der Waals surface area contributed by atoms with E-state index in [1.165, 1.54) is 17.0 Å². The molecule has 0 saturated carbocycles. The van der Waals surface area contributed by atoms with E-state index < -0.39 is 64.2 Å². The number of aromatic nitrogens is 1. The molecule has 2 fully saturated rings. The Hall–Kier alpha value is -5.96. The average molecular weight is 974 g/mol. The van der Waals surface area contributed by atoms with Crippen molar-refractivity contribution in [2.45, 2.75) is 90.7 Å². The summed E-state index contributed by atoms with van der Waals surface area (Å²) in [6, 6.07) is 9.52. The van der Waals surface area contributed by atoms with Gasteiger partial charge in [-0.25, -0.2) is 4.98 Å². The molecule has 14 nitrogen and oxygen atoms in total. The van der Waals surface area contributed by atoms with Crippen LogP contribution in [0.3, 0.4) is 0 Å². The highest BCUT2D eigenvalue weighted by Crippen LogP contribution is 2.40. The number of thiazole rings is 1. The first kappa shape index (κ1) is 51.4. The van der Waals surface area contributed by atoms with Crippen molar-refractivity contribution in [2.24, 2.45) is 11.3 Å². The predicted molar refractivity (Wildman–Crippen MR) is 255 cm³/mol. The maximum atomic E-state index is 14.0. The van der Waals surface area contributed by atoms with Gasteiger partial charge in [0.1, 0.15) is 30.8 Å². The summed E-state index contributed by atoms with van der Waals surface area (Å²) in [5, 5.41) is 25.5. The average Bonchev–Trinajstić information content (AvgIpc) is 3.95. The van der Waals surface area contributed by atoms with Crippen LogP contribution in [0.15, 0.2) is 66.2 Å². The topological polar surface area (TPSA) is 177 Å². The van der Waals surface area contributed by atoms with Gasteiger partial charge in [-0.15, -0.1) is 11.3 Å². The zero-order valence-corrected chi connectivity index (χ0v) is 40.2. The fourth-order valence-electron chi connectivity index (χ4n) is 8.08. The Balaban J connectivity index is 0.918. The van der Waals surface area contributed by atoms with E-state index in [2.05, 4.69) is 39.6 Å². The van der Waals surface area contributed by atoms with Crippen LogP contribution >= 0.6 is 23.6 Å². The molecule has 1 aliphatic carbocycles. The Kier molecular flexibility index (Phi) is 16.3. The van der Waals surface area contributed by atoms with Crippen LogP contribution in [-0.4, -0.2) is 107 Å². The second-order valence-corrected chi connectivity index (χ2v) is 19.5. The number of carbonyl (C=O) groups is 4. The van der Waals surface area contributed by atoms with Crippen LogP contribution in [0.25, 0.3) is 5.57 Å². The summed E-state index contributed by atoms with van der Waals surface area (Å²) in [5.41, 5.74) is 1.26. The molecular weight excluding hydrogens is 920 g/mol. The maximum absolute atomic E-state index is 14.0. The third kappa shape index (κ3) is 12.0. The number of thiocarbonyl (C=S) groups is 1. The first-order valence-corrected chi connectivity index (χ1v) is 23.3. The lowest BCUT2D eigenvalue weighted by molar-refractivity contribution is -0.144. The lowest BCUT2D eigenvalue weighted by Crippen LogP contribution is -2.58. The Morgan fingerprint density at radius 1 is 1.09 bits per heavy atom. The van der Waals surface area contributed by atoms with Gasteiger partial charge in [-0.2, -0.15) is 18.4 Å². The van der Waals surface area contributed by atoms with Gasteiger partial charge >= 0.3 is 6.18 Å². The van der Waals surface area contributed by atoms with E-state index in [0.717, 1.165) is 39.6 Å². The van der Waals surface area contributed by atoms with E-state index in [0.29, 0.717) is 24.2 Å². The number of β-amino-alcohol motifs (C(OH)–C–C–N with tert-alkyl or cyclic N) is 1. The number of halogens is 3. The van der Waals surface area contributed by atoms with Gasteiger partial charge in [0, 0.05) is 37.4 Å². The smallest absolute Gasteiger partial charge is 0.391 e. The molecule has 19 heteroatoms. The van der Waals surface area contributed by atoms with Gasteiger partial charge in [-0.1, -0.05) is 50.8 Å². The Labute approximate surface area is 403 Å². The summed E-state index contributed by atoms with van der Waals surface area (Å²) in [6.45, 7) is 11.2. The maximum Gasteiger partial charge on any atom is 0.417 e. The first-order chi connectivity index (χ1) is 32.1. The van der Waals surface area contributed by atoms with E-state index in [4.69, 9.17) is 21.7 Å². The number of allylic oxidation sites excluding steroid dienone is 3. The number of carbonyl (C=O) groups excluding carboxylic acids is 4. The summed E-state index contributed by atoms with van der Waals surface area (Å²) >= 11 is 7.20. The van der Waals surface area contributed by atoms with E-state index >= 15 is 0 Å². The van der Waals surface area contributed by atoms with Gasteiger partial charge in [0.25, 0.3) is 5.91 Å². The number of rotatable bonds is 15. The number of alkyl halides is 3. The number of anilines is 2. The minimum Gasteiger partial charge on any atom is -0.391 e. The highest BCUT2D eigenvalue weighted by atomic mass is 32.1. The fraction of sp³-hybridized carbons (Fsp3) is 0.449. The molecule has 68 heavy (non-hydrogen) atoms. The molecule has 3 heterocycles. The lowest BCUT2D eigenvalue weighted by Gasteiger charge is -2.35. The number of hydrogen-bond donors (Lipinski definition) is 3. The number of aryl methyl sites for hydroxylation is 1. The number of aliphatic hydroxyl groups excluding tert-OH is 1. The van der Waals surface area contributed by atoms with Gasteiger partial charge in [0.2, 0.25) is 17.7 Å². The van der Waals surface area contributed by atoms with Gasteiger partial charge < -0.3 is 35.0 Å². The summed E-state index contributed by atoms with van der Waals surface area (Å²) in [6.07, 6.45) is 1.81. The van der Waals surface area contributed by atoms with Crippen molar-refractivity contribution in [3.8, 4) is 17.9 Å². The zero-order chi connectivity index (χ0) is 49.6. The summed E-state index contributed by atoms with van der Waals surface area (Å²) in [5.74, 6) is 4.12. The molecule has 360 valence electrons. The standard InChI is InChI=1S/C49H54F3N7O7S2/c1-30-41(68-29-55-30)33-14-10-32(11-15-33)26-54-43(62)39-24-37(60)27-57(39)44(63)42(47(2,3)4)56-40(61)28-66-22-8-21-65-20-7-9-31-12-17-35(18-13-31)59-46(67)58(45(64)48(59,5)6)36-19-16-34(25-53)38(23-36)49(50,51)52/h10,12-19,23,29,32,37,39,42,60H,8,11,20-22,24,26-28H2,1-6H3,(H,54,62)(H,56,61)/t32?,37-,39+,42-/m1/s1. The SMILES string of the molecule is Cc1ncsc1C1=CCC(CNC(=O)[C@@H]2C[C@@H](O)CN2C(=O)[C@@H](NC(=O)COCCCOCC#Cc2ccc(N3C(=S)N(c4ccc(C#N)c(C(F)(F)F)c4)C(=O)C3(C)C)cc2)C(C)(C)C)C=C1. The molecule has 0 spiro atoms. The number of aliphatic hydroxyl groups is 1. The van der Waals surface area contributed by atoms with Crippen LogP contribution in [0.5, 0.6) is 0 Å². The highest BCUT2D eigenvalue weighted by Gasteiger charge is 2.51. The molecule has 0 bridgehead atoms. The summed E-state index contributed by atoms with van der Waals surface area (Å²) < 4.78 is 52.3. The second-order valence-electron chi connectivity index (χ2n) is 18.3.